The number of hydrogen-bond donors (Lipinski definition) is 3. The Morgan fingerprint density at radius 3 is 1.13 bits per heavy atom. The Kier molecular flexibility index (Phi) is 27.5. The van der Waals surface area contributed by atoms with E-state index in [-0.39, 0.29) is 111 Å². The van der Waals surface area contributed by atoms with Crippen LogP contribution in [-0.4, -0.2) is 128 Å². The molecule has 8 aliphatic rings. The number of ketones is 2. The quantitative estimate of drug-likeness (QED) is 0.0459. The van der Waals surface area contributed by atoms with E-state index < -0.39 is 35.9 Å². The van der Waals surface area contributed by atoms with E-state index in [0.29, 0.717) is 158 Å². The first kappa shape index (κ1) is 99.7. The van der Waals surface area contributed by atoms with E-state index >= 15 is 13.2 Å². The first-order chi connectivity index (χ1) is 68.9. The Labute approximate surface area is 834 Å². The molecule has 736 valence electrons. The van der Waals surface area contributed by atoms with Gasteiger partial charge in [-0.05, 0) is 210 Å². The predicted molar refractivity (Wildman–Crippen MR) is 545 cm³/mol. The van der Waals surface area contributed by atoms with Crippen molar-refractivity contribution in [3.8, 4) is 96.7 Å². The monoisotopic (exact) mass is 1970 g/mol. The fourth-order valence-electron chi connectivity index (χ4n) is 24.1. The van der Waals surface area contributed by atoms with Crippen molar-refractivity contribution in [3.63, 3.8) is 0 Å². The van der Waals surface area contributed by atoms with Gasteiger partial charge in [-0.2, -0.15) is 5.26 Å². The number of Topliss-reactive ketones (excluding diaryl/α,β-unsaturated/α-hetero) is 2. The maximum atomic E-state index is 15.2. The average molecular weight is 1980 g/mol. The third-order valence-electron chi connectivity index (χ3n) is 31.3. The number of aliphatic hydroxyl groups is 2. The van der Waals surface area contributed by atoms with E-state index in [1.165, 1.54) is 43.0 Å². The number of sulfone groups is 2. The second-order valence-corrected chi connectivity index (χ2v) is 44.9. The summed E-state index contributed by atoms with van der Waals surface area (Å²) in [7, 11) is -6.29. The number of halogens is 4. The molecule has 4 N–H and O–H groups in total. The number of aromatic nitrogens is 13. The molecule has 13 aromatic rings. The fraction of sp³-hybridized carbons (Fsp3) is 0.333. The Hall–Kier alpha value is -14.4. The lowest BCUT2D eigenvalue weighted by Crippen LogP contribution is -2.48. The molecule has 0 spiro atoms. The van der Waals surface area contributed by atoms with Crippen LogP contribution >= 0.6 is 0 Å². The molecule has 30 heteroatoms. The van der Waals surface area contributed by atoms with Gasteiger partial charge >= 0.3 is 0 Å². The van der Waals surface area contributed by atoms with E-state index in [9.17, 15) is 46.3 Å². The van der Waals surface area contributed by atoms with Crippen molar-refractivity contribution in [3.05, 3.63) is 327 Å². The Balaban J connectivity index is 0.000000126. The Morgan fingerprint density at radius 2 is 0.785 bits per heavy atom. The highest BCUT2D eigenvalue weighted by Crippen LogP contribution is 2.60. The number of carbonyl (C=O) groups excluding carboxylic acids is 2. The maximum Gasteiger partial charge on any atom is 0.165 e. The lowest BCUT2D eigenvalue weighted by molar-refractivity contribution is -0.124. The van der Waals surface area contributed by atoms with Crippen molar-refractivity contribution in [1.82, 2.24) is 65.0 Å². The van der Waals surface area contributed by atoms with Crippen molar-refractivity contribution in [2.24, 2.45) is 47.2 Å². The smallest absolute Gasteiger partial charge is 0.165 e. The van der Waals surface area contributed by atoms with Crippen LogP contribution in [0.4, 0.5) is 17.6 Å². The zero-order chi connectivity index (χ0) is 102. The number of aryl methyl sites for hydroxylation is 2. The molecule has 0 unspecified atom stereocenters. The third kappa shape index (κ3) is 18.8. The van der Waals surface area contributed by atoms with Gasteiger partial charge in [0.05, 0.1) is 92.5 Å². The number of nitriles is 1. The molecule has 144 heavy (non-hydrogen) atoms. The molecule has 9 heterocycles. The molecule has 0 saturated heterocycles. The van der Waals surface area contributed by atoms with Gasteiger partial charge in [-0.3, -0.25) is 29.5 Å². The van der Waals surface area contributed by atoms with Crippen LogP contribution in [0.3, 0.4) is 0 Å². The van der Waals surface area contributed by atoms with Gasteiger partial charge in [-0.25, -0.2) is 74.3 Å². The summed E-state index contributed by atoms with van der Waals surface area (Å²) in [5, 5.41) is 34.4. The summed E-state index contributed by atoms with van der Waals surface area (Å²) in [5.74, 6) is 1.73. The van der Waals surface area contributed by atoms with E-state index in [1.54, 1.807) is 116 Å². The van der Waals surface area contributed by atoms with Crippen LogP contribution in [-0.2, 0) is 95.9 Å². The zero-order valence-electron chi connectivity index (χ0n) is 81.8. The molecule has 21 rings (SSSR count). The molecule has 9 aromatic heterocycles. The van der Waals surface area contributed by atoms with Crippen LogP contribution in [0, 0.1) is 76.0 Å². The number of nitrogens with two attached hydrogens (primary N) is 1. The highest BCUT2D eigenvalue weighted by Gasteiger charge is 2.56. The lowest BCUT2D eigenvalue weighted by atomic mass is 9.55. The molecule has 4 aromatic carbocycles. The number of hydrogen-bond acceptors (Lipinski definition) is 24. The summed E-state index contributed by atoms with van der Waals surface area (Å²) < 4.78 is 113. The molecule has 12 atom stereocenters. The van der Waals surface area contributed by atoms with E-state index in [1.807, 2.05) is 69.3 Å². The largest absolute Gasteiger partial charge is 0.515 e. The predicted octanol–water partition coefficient (Wildman–Crippen LogP) is 21.3. The summed E-state index contributed by atoms with van der Waals surface area (Å²) in [6.07, 6.45) is 25.0. The summed E-state index contributed by atoms with van der Waals surface area (Å²) >= 11 is 0. The maximum absolute atomic E-state index is 15.2. The van der Waals surface area contributed by atoms with Gasteiger partial charge in [0.2, 0.25) is 0 Å². The van der Waals surface area contributed by atoms with Crippen molar-refractivity contribution >= 4 is 43.4 Å². The second-order valence-electron chi connectivity index (χ2n) is 40.4. The van der Waals surface area contributed by atoms with Crippen LogP contribution in [0.2, 0.25) is 0 Å². The van der Waals surface area contributed by atoms with Crippen molar-refractivity contribution < 1.29 is 58.7 Å². The van der Waals surface area contributed by atoms with E-state index in [4.69, 9.17) is 50.1 Å². The zero-order valence-corrected chi connectivity index (χ0v) is 83.5. The van der Waals surface area contributed by atoms with E-state index in [0.717, 1.165) is 118 Å². The van der Waals surface area contributed by atoms with Crippen molar-refractivity contribution in [2.75, 3.05) is 24.0 Å². The minimum Gasteiger partial charge on any atom is -0.515 e. The van der Waals surface area contributed by atoms with Gasteiger partial charge in [0, 0.05) is 197 Å². The number of fused-ring (bicyclic) bond motifs is 13. The number of pyridine rings is 4. The molecule has 2 saturated carbocycles. The molecular weight excluding hydrogens is 1860 g/mol. The number of aliphatic hydroxyl groups excluding tert-OH is 2. The van der Waals surface area contributed by atoms with Crippen LogP contribution in [0.5, 0.6) is 0 Å². The van der Waals surface area contributed by atoms with Crippen LogP contribution in [0.15, 0.2) is 229 Å². The molecule has 0 amide bonds. The summed E-state index contributed by atoms with van der Waals surface area (Å²) in [6, 6.07) is 43.4. The molecular formula is C114H111F4N15O9S2. The third-order valence-corrected chi connectivity index (χ3v) is 33.2. The number of benzene rings is 4. The molecule has 2 fully saturated rings. The van der Waals surface area contributed by atoms with Gasteiger partial charge in [0.1, 0.15) is 54.5 Å². The molecule has 24 nitrogen and oxygen atoms in total. The van der Waals surface area contributed by atoms with Crippen LogP contribution < -0.4 is 5.73 Å². The molecule has 0 radical (unpaired) electrons. The normalized spacial score (nSPS) is 23.8. The van der Waals surface area contributed by atoms with Crippen molar-refractivity contribution in [2.45, 2.75) is 173 Å². The van der Waals surface area contributed by atoms with Gasteiger partial charge in [-0.15, -0.1) is 0 Å². The van der Waals surface area contributed by atoms with Gasteiger partial charge < -0.3 is 20.5 Å². The molecule has 8 aliphatic carbocycles. The number of nitrogens with zero attached hydrogens (tertiary/aromatic N) is 14. The SMILES string of the molecule is C=Cc1cc(-c2nc(-c3ccccc3F)c3c(n2)[C@]2(C)C/C(=C/O)C(=O)[C@H](C)[C@H]2CC3)ccn1.C=Cc1cc(-c2nc(-c3ccccc3F)c3c(n2)[C@]2(C)CC(=CN)C(=O)[C@H](C)[C@H]2CC3)ccn1.C[C@H]1C(O)=C(C#N)C[C@@]2(C)c3nc(-c4ccnc(CCS(C)(=O)=O)c4)nc(-c4ccccc4F)c3CC[C@H]12.C[C@H]1c2oncc2C[C@@]2(C)c3nc(-c4ccnc(CCS(C)(=O)=O)c4)nc(-c4ccccc4F)c3CC[C@H]12. The minimum absolute atomic E-state index is 0.00762. The highest BCUT2D eigenvalue weighted by molar-refractivity contribution is 7.90. The van der Waals surface area contributed by atoms with Crippen molar-refractivity contribution in [1.29, 1.82) is 5.26 Å². The van der Waals surface area contributed by atoms with Gasteiger partial charge in [-0.1, -0.05) is 122 Å². The highest BCUT2D eigenvalue weighted by atomic mass is 32.2. The second kappa shape index (κ2) is 39.7. The number of allylic oxidation sites excluding steroid dienone is 4. The topological polar surface area (TPSA) is 373 Å². The Bertz CT molecular complexity index is 7550. The Morgan fingerprint density at radius 1 is 0.458 bits per heavy atom. The lowest BCUT2D eigenvalue weighted by Gasteiger charge is -2.48. The number of carbonyl (C=O) groups is 2. The first-order valence-electron chi connectivity index (χ1n) is 48.6. The fourth-order valence-corrected chi connectivity index (χ4v) is 25.2. The van der Waals surface area contributed by atoms with Gasteiger partial charge in [0.25, 0.3) is 0 Å². The van der Waals surface area contributed by atoms with Crippen LogP contribution in [0.25, 0.3) is 103 Å². The van der Waals surface area contributed by atoms with Crippen LogP contribution in [0.1, 0.15) is 185 Å². The average Bonchev–Trinajstić information content (AvgIpc) is 0.890. The summed E-state index contributed by atoms with van der Waals surface area (Å²) in [4.78, 5) is 82.9. The minimum atomic E-state index is -3.16. The molecule has 0 aliphatic heterocycles. The summed E-state index contributed by atoms with van der Waals surface area (Å²) in [6.45, 7) is 24.2. The first-order valence-corrected chi connectivity index (χ1v) is 52.7. The van der Waals surface area contributed by atoms with E-state index in [2.05, 4.69) is 78.9 Å². The summed E-state index contributed by atoms with van der Waals surface area (Å²) in [5.41, 5.74) is 23.2. The standard InChI is InChI=1S/2C29H29FN4O3S.C28H27FN4O.C28H26FN3O2/c1-17-23-9-8-22-25(21-6-4-5-7-24(21)30)33-28(18-10-12-31-20(14-18)11-13-38(3,35)36)34-27(22)29(23,2)15-19-16-32-37-26(17)19;1-17-23-9-8-22-25(21-6-4-5-7-24(21)30)33-28(18-10-12-32-20(14-18)11-13-38(3,36)37)34-27(22)29(23,2)15-19(16-31)26(17)35;1-4-19-13-17(11-12-31-19)27-32-24(20-7-5-6-8-23(20)29)21-9-10-22-16(2)25(34)18(15-30)14-28(22,3)26(21)33-27;1-4-19-13-17(11-12-30-19)27-31-24(20-7-5-6-8-23(20)29)21-9-10-22-16(2)25(34)18(15-33)14-28(22,3)26(21)32-27/h4-7,10,12,14,16-17,23H,8-9,11,13,15H2,1-3H3;4-7,10,12,14,17,23,35H,8-9,11,13,15H2,1-3H3;4-8,11-13,15-16,22H,1,9-10,14,30H2,2-3H3;4-8,11-13,15-16,22,33H,1,9-10,14H2,2-3H3/b;;;18-15-/t2*17-,23-,29-;2*16-,22-,28-/m1111/s1. The number of rotatable bonds is 16. The van der Waals surface area contributed by atoms with Gasteiger partial charge in [0.15, 0.2) is 34.9 Å². The molecule has 0 bridgehead atoms.